The smallest absolute Gasteiger partial charge is 0.111 e. The molecule has 1 aromatic rings. The first-order chi connectivity index (χ1) is 5.81. The average molecular weight is 161 g/mol. The molecule has 2 heteroatoms. The van der Waals surface area contributed by atoms with Crippen LogP contribution in [0.15, 0.2) is 17.3 Å². The number of fused-ring (bicyclic) bond motifs is 1. The summed E-state index contributed by atoms with van der Waals surface area (Å²) in [5, 5.41) is 3.05. The molecule has 0 unspecified atom stereocenters. The van der Waals surface area contributed by atoms with Gasteiger partial charge in [0.2, 0.25) is 0 Å². The SMILES string of the molecule is Cc1cc2c(c(N=O)c1)CCC2. The van der Waals surface area contributed by atoms with Gasteiger partial charge in [0, 0.05) is 0 Å². The number of nitrogens with zero attached hydrogens (tertiary/aromatic N) is 1. The van der Waals surface area contributed by atoms with Crippen LogP contribution in [0.4, 0.5) is 5.69 Å². The van der Waals surface area contributed by atoms with Crippen molar-refractivity contribution in [1.29, 1.82) is 0 Å². The van der Waals surface area contributed by atoms with E-state index in [4.69, 9.17) is 0 Å². The van der Waals surface area contributed by atoms with E-state index in [0.29, 0.717) is 5.69 Å². The first kappa shape index (κ1) is 7.47. The van der Waals surface area contributed by atoms with E-state index in [1.807, 2.05) is 13.0 Å². The van der Waals surface area contributed by atoms with Gasteiger partial charge in [0.1, 0.15) is 5.69 Å². The van der Waals surface area contributed by atoms with Crippen LogP contribution in [0.1, 0.15) is 23.1 Å². The third-order valence-electron chi connectivity index (χ3n) is 2.43. The molecule has 0 atom stereocenters. The summed E-state index contributed by atoms with van der Waals surface area (Å²) in [6, 6.07) is 4.04. The number of aryl methyl sites for hydroxylation is 2. The Morgan fingerprint density at radius 2 is 2.17 bits per heavy atom. The molecule has 2 rings (SSSR count). The molecule has 12 heavy (non-hydrogen) atoms. The maximum absolute atomic E-state index is 10.5. The Morgan fingerprint density at radius 3 is 2.92 bits per heavy atom. The number of hydrogen-bond acceptors (Lipinski definition) is 2. The average Bonchev–Trinajstić information content (AvgIpc) is 2.50. The van der Waals surface area contributed by atoms with Crippen LogP contribution in [0.3, 0.4) is 0 Å². The van der Waals surface area contributed by atoms with Crippen LogP contribution in [-0.4, -0.2) is 0 Å². The second-order valence-electron chi connectivity index (χ2n) is 3.37. The number of nitroso groups, excluding NO2 is 1. The summed E-state index contributed by atoms with van der Waals surface area (Å²) < 4.78 is 0. The lowest BCUT2D eigenvalue weighted by molar-refractivity contribution is 0.911. The lowest BCUT2D eigenvalue weighted by atomic mass is 10.1. The molecule has 0 fully saturated rings. The van der Waals surface area contributed by atoms with Gasteiger partial charge < -0.3 is 0 Å². The molecule has 1 aliphatic carbocycles. The first-order valence-electron chi connectivity index (χ1n) is 4.27. The third-order valence-corrected chi connectivity index (χ3v) is 2.43. The zero-order valence-corrected chi connectivity index (χ0v) is 7.13. The molecule has 0 saturated carbocycles. The predicted molar refractivity (Wildman–Crippen MR) is 48.7 cm³/mol. The topological polar surface area (TPSA) is 29.4 Å². The van der Waals surface area contributed by atoms with Crippen molar-refractivity contribution in [3.63, 3.8) is 0 Å². The summed E-state index contributed by atoms with van der Waals surface area (Å²) in [6.45, 7) is 2.01. The molecule has 0 aliphatic heterocycles. The van der Waals surface area contributed by atoms with E-state index in [1.165, 1.54) is 17.5 Å². The minimum absolute atomic E-state index is 0.655. The lowest BCUT2D eigenvalue weighted by Gasteiger charge is -2.02. The van der Waals surface area contributed by atoms with Crippen LogP contribution >= 0.6 is 0 Å². The van der Waals surface area contributed by atoms with E-state index < -0.39 is 0 Å². The quantitative estimate of drug-likeness (QED) is 0.582. The molecule has 0 spiro atoms. The first-order valence-corrected chi connectivity index (χ1v) is 4.27. The standard InChI is InChI=1S/C10H11NO/c1-7-5-8-3-2-4-9(8)10(6-7)11-12/h5-6H,2-4H2,1H3. The van der Waals surface area contributed by atoms with Gasteiger partial charge in [-0.25, -0.2) is 0 Å². The Labute approximate surface area is 71.6 Å². The lowest BCUT2D eigenvalue weighted by Crippen LogP contribution is -1.84. The molecule has 2 nitrogen and oxygen atoms in total. The highest BCUT2D eigenvalue weighted by molar-refractivity contribution is 5.54. The normalized spacial score (nSPS) is 14.4. The molecule has 0 saturated heterocycles. The van der Waals surface area contributed by atoms with Crippen LogP contribution in [0.25, 0.3) is 0 Å². The van der Waals surface area contributed by atoms with Gasteiger partial charge in [-0.3, -0.25) is 0 Å². The van der Waals surface area contributed by atoms with Gasteiger partial charge in [-0.05, 0) is 54.1 Å². The van der Waals surface area contributed by atoms with Crippen molar-refractivity contribution >= 4 is 5.69 Å². The van der Waals surface area contributed by atoms with Gasteiger partial charge in [0.15, 0.2) is 0 Å². The Bertz CT molecular complexity index is 331. The minimum atomic E-state index is 0.655. The van der Waals surface area contributed by atoms with Crippen LogP contribution in [0.2, 0.25) is 0 Å². The summed E-state index contributed by atoms with van der Waals surface area (Å²) in [4.78, 5) is 10.5. The largest absolute Gasteiger partial charge is 0.145 e. The molecule has 1 aromatic carbocycles. The predicted octanol–water partition coefficient (Wildman–Crippen LogP) is 2.88. The summed E-state index contributed by atoms with van der Waals surface area (Å²) in [6.07, 6.45) is 3.30. The van der Waals surface area contributed by atoms with Crippen molar-refractivity contribution in [2.75, 3.05) is 0 Å². The van der Waals surface area contributed by atoms with E-state index >= 15 is 0 Å². The van der Waals surface area contributed by atoms with Crippen molar-refractivity contribution in [3.8, 4) is 0 Å². The Morgan fingerprint density at radius 1 is 1.33 bits per heavy atom. The molecule has 0 bridgehead atoms. The van der Waals surface area contributed by atoms with Crippen LogP contribution < -0.4 is 0 Å². The Hall–Kier alpha value is -1.18. The van der Waals surface area contributed by atoms with Gasteiger partial charge in [0.25, 0.3) is 0 Å². The molecule has 0 N–H and O–H groups in total. The number of hydrogen-bond donors (Lipinski definition) is 0. The fraction of sp³-hybridized carbons (Fsp3) is 0.400. The molecular weight excluding hydrogens is 150 g/mol. The van der Waals surface area contributed by atoms with Crippen LogP contribution in [0, 0.1) is 11.8 Å². The zero-order valence-electron chi connectivity index (χ0n) is 7.13. The van der Waals surface area contributed by atoms with E-state index in [2.05, 4.69) is 11.2 Å². The van der Waals surface area contributed by atoms with Crippen LogP contribution in [0.5, 0.6) is 0 Å². The molecule has 0 aromatic heterocycles. The van der Waals surface area contributed by atoms with E-state index in [1.54, 1.807) is 0 Å². The highest BCUT2D eigenvalue weighted by Crippen LogP contribution is 2.31. The molecule has 0 heterocycles. The highest BCUT2D eigenvalue weighted by Gasteiger charge is 2.15. The van der Waals surface area contributed by atoms with Crippen molar-refractivity contribution in [2.45, 2.75) is 26.2 Å². The van der Waals surface area contributed by atoms with Crippen LogP contribution in [-0.2, 0) is 12.8 Å². The second-order valence-corrected chi connectivity index (χ2v) is 3.37. The Kier molecular flexibility index (Phi) is 1.68. The van der Waals surface area contributed by atoms with Crippen molar-refractivity contribution < 1.29 is 0 Å². The van der Waals surface area contributed by atoms with Gasteiger partial charge >= 0.3 is 0 Å². The van der Waals surface area contributed by atoms with Gasteiger partial charge in [-0.1, -0.05) is 6.07 Å². The monoisotopic (exact) mass is 161 g/mol. The number of benzene rings is 1. The van der Waals surface area contributed by atoms with E-state index in [0.717, 1.165) is 18.4 Å². The van der Waals surface area contributed by atoms with Gasteiger partial charge in [-0.2, -0.15) is 0 Å². The fourth-order valence-corrected chi connectivity index (χ4v) is 1.92. The van der Waals surface area contributed by atoms with Gasteiger partial charge in [-0.15, -0.1) is 4.91 Å². The third kappa shape index (κ3) is 1.04. The maximum atomic E-state index is 10.5. The summed E-state index contributed by atoms with van der Waals surface area (Å²) in [7, 11) is 0. The maximum Gasteiger partial charge on any atom is 0.111 e. The summed E-state index contributed by atoms with van der Waals surface area (Å²) in [5.74, 6) is 0. The molecule has 0 radical (unpaired) electrons. The van der Waals surface area contributed by atoms with E-state index in [9.17, 15) is 4.91 Å². The van der Waals surface area contributed by atoms with E-state index in [-0.39, 0.29) is 0 Å². The zero-order chi connectivity index (χ0) is 8.55. The van der Waals surface area contributed by atoms with Gasteiger partial charge in [0.05, 0.1) is 0 Å². The second kappa shape index (κ2) is 2.70. The summed E-state index contributed by atoms with van der Waals surface area (Å²) >= 11 is 0. The fourth-order valence-electron chi connectivity index (χ4n) is 1.92. The van der Waals surface area contributed by atoms with Crippen molar-refractivity contribution in [1.82, 2.24) is 0 Å². The number of rotatable bonds is 1. The molecule has 1 aliphatic rings. The summed E-state index contributed by atoms with van der Waals surface area (Å²) in [5.41, 5.74) is 4.30. The van der Waals surface area contributed by atoms with Crippen molar-refractivity contribution in [3.05, 3.63) is 33.7 Å². The molecule has 0 amide bonds. The van der Waals surface area contributed by atoms with Crippen molar-refractivity contribution in [2.24, 2.45) is 5.18 Å². The Balaban J connectivity index is 2.62. The minimum Gasteiger partial charge on any atom is -0.145 e. The molecular formula is C10H11NO. The highest BCUT2D eigenvalue weighted by atomic mass is 16.3. The molecule has 62 valence electrons.